The van der Waals surface area contributed by atoms with Gasteiger partial charge in [-0.05, 0) is 63.4 Å². The Balaban J connectivity index is 1.59. The molecule has 5 heteroatoms. The highest BCUT2D eigenvalue weighted by Crippen LogP contribution is 2.36. The van der Waals surface area contributed by atoms with E-state index in [0.717, 1.165) is 48.3 Å². The molecule has 0 aliphatic carbocycles. The van der Waals surface area contributed by atoms with Crippen LogP contribution in [0.25, 0.3) is 5.69 Å². The summed E-state index contributed by atoms with van der Waals surface area (Å²) in [5.74, 6) is 0.119. The van der Waals surface area contributed by atoms with Crippen LogP contribution in [0.15, 0.2) is 30.3 Å². The van der Waals surface area contributed by atoms with Crippen LogP contribution in [0, 0.1) is 25.2 Å². The van der Waals surface area contributed by atoms with Gasteiger partial charge in [0.2, 0.25) is 0 Å². The molecule has 0 spiro atoms. The van der Waals surface area contributed by atoms with Gasteiger partial charge in [0.25, 0.3) is 0 Å². The molecular formula is C22H25N3O2. The minimum absolute atomic E-state index is 0.119. The quantitative estimate of drug-likeness (QED) is 0.848. The van der Waals surface area contributed by atoms with Crippen LogP contribution < -0.4 is 0 Å². The molecule has 140 valence electrons. The molecule has 2 aromatic rings. The third-order valence-corrected chi connectivity index (χ3v) is 6.20. The first-order valence-corrected chi connectivity index (χ1v) is 9.66. The normalized spacial score (nSPS) is 24.7. The number of carbonyl (C=O) groups is 1. The van der Waals surface area contributed by atoms with Crippen molar-refractivity contribution in [3.05, 3.63) is 52.8 Å². The molecule has 1 aromatic carbocycles. The Bertz CT molecular complexity index is 907. The standard InChI is InChI=1S/C22H25N3O2/c1-14-10-19(15(2)25(14)17-8-6-16(12-23)7-9-17)22(27)13-24-18-4-3-5-20(24)21(26)11-18/h6-10,18,20-21,26H,3-5,11,13H2,1-2H3/t18-,20+,21+/m0/s1. The maximum atomic E-state index is 13.1. The summed E-state index contributed by atoms with van der Waals surface area (Å²) in [5, 5.41) is 19.3. The second kappa shape index (κ2) is 6.95. The Morgan fingerprint density at radius 1 is 1.26 bits per heavy atom. The summed E-state index contributed by atoms with van der Waals surface area (Å²) in [6, 6.07) is 12.0. The molecule has 1 aromatic heterocycles. The average molecular weight is 363 g/mol. The van der Waals surface area contributed by atoms with Crippen LogP contribution >= 0.6 is 0 Å². The van der Waals surface area contributed by atoms with E-state index in [-0.39, 0.29) is 17.9 Å². The predicted octanol–water partition coefficient (Wildman–Crippen LogP) is 3.14. The highest BCUT2D eigenvalue weighted by molar-refractivity contribution is 5.99. The molecule has 0 saturated carbocycles. The molecule has 2 saturated heterocycles. The minimum atomic E-state index is -0.295. The number of piperidine rings is 1. The Morgan fingerprint density at radius 2 is 2.00 bits per heavy atom. The van der Waals surface area contributed by atoms with Crippen molar-refractivity contribution in [2.45, 2.75) is 57.7 Å². The van der Waals surface area contributed by atoms with E-state index in [2.05, 4.69) is 15.5 Å². The lowest BCUT2D eigenvalue weighted by molar-refractivity contribution is 0.0688. The fourth-order valence-corrected chi connectivity index (χ4v) is 4.89. The van der Waals surface area contributed by atoms with Gasteiger partial charge in [0.05, 0.1) is 24.3 Å². The molecule has 0 radical (unpaired) electrons. The predicted molar refractivity (Wildman–Crippen MR) is 103 cm³/mol. The maximum Gasteiger partial charge on any atom is 0.178 e. The molecular weight excluding hydrogens is 338 g/mol. The zero-order valence-corrected chi connectivity index (χ0v) is 15.9. The summed E-state index contributed by atoms with van der Waals surface area (Å²) in [6.45, 7) is 4.35. The number of rotatable bonds is 4. The minimum Gasteiger partial charge on any atom is -0.391 e. The van der Waals surface area contributed by atoms with Gasteiger partial charge in [0.15, 0.2) is 5.78 Å². The highest BCUT2D eigenvalue weighted by Gasteiger charge is 2.43. The molecule has 5 nitrogen and oxygen atoms in total. The number of nitrogens with zero attached hydrogens (tertiary/aromatic N) is 3. The molecule has 2 aliphatic rings. The average Bonchev–Trinajstić information content (AvgIpc) is 3.03. The van der Waals surface area contributed by atoms with Crippen LogP contribution in [0.4, 0.5) is 0 Å². The lowest BCUT2D eigenvalue weighted by Crippen LogP contribution is -2.44. The number of hydrogen-bond acceptors (Lipinski definition) is 4. The van der Waals surface area contributed by atoms with Crippen LogP contribution in [0.1, 0.15) is 53.0 Å². The van der Waals surface area contributed by atoms with E-state index in [1.54, 1.807) is 12.1 Å². The van der Waals surface area contributed by atoms with Crippen molar-refractivity contribution >= 4 is 5.78 Å². The van der Waals surface area contributed by atoms with E-state index in [0.29, 0.717) is 18.2 Å². The molecule has 1 N–H and O–H groups in total. The van der Waals surface area contributed by atoms with E-state index in [1.165, 1.54) is 0 Å². The first-order valence-electron chi connectivity index (χ1n) is 9.66. The number of aromatic nitrogens is 1. The van der Waals surface area contributed by atoms with Crippen molar-refractivity contribution < 1.29 is 9.90 Å². The van der Waals surface area contributed by atoms with Crippen molar-refractivity contribution in [2.24, 2.45) is 0 Å². The van der Waals surface area contributed by atoms with Gasteiger partial charge >= 0.3 is 0 Å². The Morgan fingerprint density at radius 3 is 2.67 bits per heavy atom. The van der Waals surface area contributed by atoms with Crippen LogP contribution in [0.2, 0.25) is 0 Å². The molecule has 2 fully saturated rings. The number of benzene rings is 1. The fraction of sp³-hybridized carbons (Fsp3) is 0.455. The lowest BCUT2D eigenvalue weighted by Gasteiger charge is -2.34. The number of nitriles is 1. The van der Waals surface area contributed by atoms with Gasteiger partial charge in [0.1, 0.15) is 0 Å². The Hall–Kier alpha value is -2.42. The SMILES string of the molecule is Cc1cc(C(=O)CN2[C@H]3CCC[C@@H]2[C@H](O)C3)c(C)n1-c1ccc(C#N)cc1. The van der Waals surface area contributed by atoms with E-state index in [9.17, 15) is 9.90 Å². The fourth-order valence-electron chi connectivity index (χ4n) is 4.89. The van der Waals surface area contributed by atoms with Crippen molar-refractivity contribution in [3.63, 3.8) is 0 Å². The van der Waals surface area contributed by atoms with Gasteiger partial charge in [-0.3, -0.25) is 9.69 Å². The molecule has 4 rings (SSSR count). The van der Waals surface area contributed by atoms with E-state index >= 15 is 0 Å². The Kier molecular flexibility index (Phi) is 4.63. The second-order valence-corrected chi connectivity index (χ2v) is 7.83. The lowest BCUT2D eigenvalue weighted by atomic mass is 10.0. The van der Waals surface area contributed by atoms with Gasteiger partial charge in [-0.25, -0.2) is 0 Å². The van der Waals surface area contributed by atoms with E-state index in [1.807, 2.05) is 32.0 Å². The monoisotopic (exact) mass is 363 g/mol. The Labute approximate surface area is 159 Å². The highest BCUT2D eigenvalue weighted by atomic mass is 16.3. The second-order valence-electron chi connectivity index (χ2n) is 7.83. The smallest absolute Gasteiger partial charge is 0.178 e. The molecule has 0 unspecified atom stereocenters. The number of aliphatic hydroxyl groups is 1. The largest absolute Gasteiger partial charge is 0.391 e. The number of hydrogen-bond donors (Lipinski definition) is 1. The topological polar surface area (TPSA) is 69.3 Å². The van der Waals surface area contributed by atoms with Gasteiger partial charge in [-0.15, -0.1) is 0 Å². The molecule has 2 bridgehead atoms. The number of Topliss-reactive ketones (excluding diaryl/α,β-unsaturated/α-hetero) is 1. The van der Waals surface area contributed by atoms with E-state index in [4.69, 9.17) is 5.26 Å². The number of fused-ring (bicyclic) bond motifs is 2. The molecule has 3 atom stereocenters. The van der Waals surface area contributed by atoms with Gasteiger partial charge in [-0.1, -0.05) is 6.42 Å². The molecule has 2 aliphatic heterocycles. The summed E-state index contributed by atoms with van der Waals surface area (Å²) in [5.41, 5.74) is 4.25. The third-order valence-electron chi connectivity index (χ3n) is 6.20. The molecule has 27 heavy (non-hydrogen) atoms. The summed E-state index contributed by atoms with van der Waals surface area (Å²) in [7, 11) is 0. The van der Waals surface area contributed by atoms with Crippen LogP contribution in [-0.4, -0.2) is 45.1 Å². The van der Waals surface area contributed by atoms with Crippen molar-refractivity contribution in [1.82, 2.24) is 9.47 Å². The number of aryl methyl sites for hydroxylation is 1. The van der Waals surface area contributed by atoms with Gasteiger partial charge < -0.3 is 9.67 Å². The number of carbonyl (C=O) groups excluding carboxylic acids is 1. The van der Waals surface area contributed by atoms with Gasteiger partial charge in [0, 0.05) is 34.7 Å². The molecule has 3 heterocycles. The van der Waals surface area contributed by atoms with E-state index < -0.39 is 0 Å². The summed E-state index contributed by atoms with van der Waals surface area (Å²) in [4.78, 5) is 15.3. The maximum absolute atomic E-state index is 13.1. The number of ketones is 1. The van der Waals surface area contributed by atoms with Gasteiger partial charge in [-0.2, -0.15) is 5.26 Å². The van der Waals surface area contributed by atoms with Crippen molar-refractivity contribution in [1.29, 1.82) is 5.26 Å². The first-order chi connectivity index (χ1) is 13.0. The zero-order chi connectivity index (χ0) is 19.1. The zero-order valence-electron chi connectivity index (χ0n) is 15.9. The third kappa shape index (κ3) is 3.09. The summed E-state index contributed by atoms with van der Waals surface area (Å²) in [6.07, 6.45) is 3.70. The summed E-state index contributed by atoms with van der Waals surface area (Å²) >= 11 is 0. The number of aliphatic hydroxyl groups excluding tert-OH is 1. The van der Waals surface area contributed by atoms with Crippen LogP contribution in [0.3, 0.4) is 0 Å². The summed E-state index contributed by atoms with van der Waals surface area (Å²) < 4.78 is 2.06. The van der Waals surface area contributed by atoms with Crippen LogP contribution in [0.5, 0.6) is 0 Å². The first kappa shape index (κ1) is 18.0. The van der Waals surface area contributed by atoms with Crippen molar-refractivity contribution in [2.75, 3.05) is 6.54 Å². The molecule has 0 amide bonds. The van der Waals surface area contributed by atoms with Crippen molar-refractivity contribution in [3.8, 4) is 11.8 Å². The van der Waals surface area contributed by atoms with Crippen LogP contribution in [-0.2, 0) is 0 Å².